The molecule has 0 spiro atoms. The van der Waals surface area contributed by atoms with Crippen LogP contribution in [-0.4, -0.2) is 107 Å². The van der Waals surface area contributed by atoms with E-state index in [9.17, 15) is 0 Å². The van der Waals surface area contributed by atoms with E-state index in [-0.39, 0.29) is 72.5 Å². The van der Waals surface area contributed by atoms with Crippen LogP contribution in [0.3, 0.4) is 0 Å². The van der Waals surface area contributed by atoms with Crippen LogP contribution in [0.2, 0.25) is 0 Å². The molecule has 4 fully saturated rings. The Morgan fingerprint density at radius 2 is 0.534 bits per heavy atom. The van der Waals surface area contributed by atoms with Crippen molar-refractivity contribution in [3.63, 3.8) is 0 Å². The average Bonchev–Trinajstić information content (AvgIpc) is 1.66. The number of hydrogen-bond donors (Lipinski definition) is 6. The summed E-state index contributed by atoms with van der Waals surface area (Å²) in [6.07, 6.45) is 11.5. The molecule has 0 saturated heterocycles. The minimum absolute atomic E-state index is 0.0276. The lowest BCUT2D eigenvalue weighted by Gasteiger charge is -2.40. The topological polar surface area (TPSA) is 154 Å². The molecule has 131 heavy (non-hydrogen) atoms. The molecule has 6 aromatic carbocycles. The summed E-state index contributed by atoms with van der Waals surface area (Å²) in [5, 5.41) is 23.7. The van der Waals surface area contributed by atoms with E-state index in [0.717, 1.165) is 139 Å². The first-order chi connectivity index (χ1) is 60.1. The smallest absolute Gasteiger partial charge is 0.134 e. The zero-order valence-corrected chi connectivity index (χ0v) is 91.7. The maximum Gasteiger partial charge on any atom is 0.134 e. The zero-order valence-electron chi connectivity index (χ0n) is 91.7. The van der Waals surface area contributed by atoms with Gasteiger partial charge < -0.3 is 69.2 Å². The van der Waals surface area contributed by atoms with E-state index in [1.165, 1.54) is 22.3 Å². The number of hydrogen-bond acceptors (Lipinski definition) is 14. The molecule has 2 atom stereocenters. The molecule has 4 aliphatic carbocycles. The summed E-state index contributed by atoms with van der Waals surface area (Å²) < 4.78 is 48.3. The highest BCUT2D eigenvalue weighted by Gasteiger charge is 2.38. The Morgan fingerprint density at radius 1 is 0.282 bits per heavy atom. The highest BCUT2D eigenvalue weighted by Crippen LogP contribution is 2.39. The molecule has 8 aromatic rings. The van der Waals surface area contributed by atoms with Crippen LogP contribution in [0.25, 0.3) is 21.9 Å². The van der Waals surface area contributed by atoms with Crippen LogP contribution in [0.5, 0.6) is 34.5 Å². The van der Waals surface area contributed by atoms with Gasteiger partial charge in [-0.05, 0) is 337 Å². The average molecular weight is 1810 g/mol. The Bertz CT molecular complexity index is 4350. The van der Waals surface area contributed by atoms with E-state index in [2.05, 4.69) is 404 Å². The fraction of sp³-hybridized carbons (Fsp3) is 0.658. The second kappa shape index (κ2) is 49.6. The van der Waals surface area contributed by atoms with Crippen LogP contribution >= 0.6 is 0 Å². The van der Waals surface area contributed by atoms with Gasteiger partial charge in [-0.25, -0.2) is 0 Å². The summed E-state index contributed by atoms with van der Waals surface area (Å²) in [7, 11) is 0. The summed E-state index contributed by atoms with van der Waals surface area (Å²) in [4.78, 5) is 0. The molecule has 14 nitrogen and oxygen atoms in total. The fourth-order valence-corrected chi connectivity index (χ4v) is 15.2. The summed E-state index contributed by atoms with van der Waals surface area (Å²) in [6.45, 7) is 97.3. The molecule has 14 heteroatoms. The number of fused-ring (bicyclic) bond motifs is 2. The van der Waals surface area contributed by atoms with Gasteiger partial charge in [-0.15, -0.1) is 0 Å². The van der Waals surface area contributed by atoms with Gasteiger partial charge in [0.05, 0.1) is 0 Å². The SMILES string of the molecule is CC.CC.CC.CC(C)(C)Cc1cccc(OC2CC(NC(C)(C)C)C2)c1.CC(C)(C)NC1CC(Oc2ccc3oc(C(C)(C)C)cc3c2)C1.CC(C)(C)NC1CC(Oc2ccc3oc(C(C)(C)C)cc3c2)C1.CC(C)(C)NC1CC(Oc2cccc(C(C)(C)C)c2)C1.C[C@@H](CNC(C)(C)C)Oc1cccc(C(C)(C)C)c1.C[C@H](CNC(C)(C)C)Oc1cccc(C(C)(C)C)c1. The third-order valence-electron chi connectivity index (χ3n) is 21.8. The van der Waals surface area contributed by atoms with Crippen LogP contribution in [0, 0.1) is 5.41 Å². The first-order valence-corrected chi connectivity index (χ1v) is 50.2. The predicted molar refractivity (Wildman–Crippen MR) is 566 cm³/mol. The monoisotopic (exact) mass is 1810 g/mol. The maximum absolute atomic E-state index is 6.12. The van der Waals surface area contributed by atoms with Gasteiger partial charge in [0.2, 0.25) is 0 Å². The van der Waals surface area contributed by atoms with E-state index in [4.69, 9.17) is 37.3 Å². The molecule has 4 saturated carbocycles. The summed E-state index contributed by atoms with van der Waals surface area (Å²) in [5.41, 5.74) is 9.05. The van der Waals surface area contributed by atoms with Crippen LogP contribution in [0.15, 0.2) is 154 Å². The van der Waals surface area contributed by atoms with Crippen LogP contribution in [0.1, 0.15) is 390 Å². The molecule has 0 bridgehead atoms. The lowest BCUT2D eigenvalue weighted by molar-refractivity contribution is 0.0729. The van der Waals surface area contributed by atoms with Crippen LogP contribution in [0.4, 0.5) is 0 Å². The van der Waals surface area contributed by atoms with E-state index < -0.39 is 0 Å². The Labute approximate surface area is 802 Å². The molecule has 0 radical (unpaired) electrons. The third-order valence-corrected chi connectivity index (χ3v) is 21.8. The molecular formula is C117H194N6O8. The maximum atomic E-state index is 6.12. The van der Waals surface area contributed by atoms with Crippen molar-refractivity contribution in [3.05, 3.63) is 179 Å². The molecule has 0 unspecified atom stereocenters. The van der Waals surface area contributed by atoms with E-state index in [0.29, 0.717) is 54.0 Å². The standard InChI is InChI=1S/2C20H29NO2.C19H31NO.C18H29NO.2C17H29NO.3C2H6/c2*1-19(2,3)18-10-13-9-15(7-8-17(13)23-18)22-16-11-14(12-16)21-20(4,5)6;1-18(2,3)13-14-8-7-9-16(10-14)21-17-11-15(12-17)20-19(4,5)6;1-17(2,3)13-8-7-9-15(10-13)20-16-11-14(12-16)19-18(4,5)6;2*1-13(12-18-17(5,6)7)19-15-10-8-9-14(11-15)16(2,3)4;3*1-2/h2*7-10,14,16,21H,11-12H2,1-6H3;7-10,15,17,20H,11-13H2,1-6H3;7-10,14,16,19H,11-12H2,1-6H3;2*8-11,13,18H,12H2,1-7H3;3*1-2H3/t;;;;2*13-;;;/m....10.../s1. The largest absolute Gasteiger partial charge is 0.490 e. The molecule has 0 aliphatic heterocycles. The van der Waals surface area contributed by atoms with Gasteiger partial charge in [-0.2, -0.15) is 0 Å². The Morgan fingerprint density at radius 3 is 0.786 bits per heavy atom. The van der Waals surface area contributed by atoms with Crippen molar-refractivity contribution < 1.29 is 37.3 Å². The van der Waals surface area contributed by atoms with Crippen molar-refractivity contribution in [3.8, 4) is 34.5 Å². The highest BCUT2D eigenvalue weighted by molar-refractivity contribution is 5.80. The second-order valence-electron chi connectivity index (χ2n) is 49.2. The molecule has 12 rings (SSSR count). The quantitative estimate of drug-likeness (QED) is 0.0404. The van der Waals surface area contributed by atoms with Crippen molar-refractivity contribution in [1.82, 2.24) is 31.9 Å². The molecular weight excluding hydrogens is 1620 g/mol. The van der Waals surface area contributed by atoms with Gasteiger partial charge >= 0.3 is 0 Å². The van der Waals surface area contributed by atoms with Crippen molar-refractivity contribution in [2.24, 2.45) is 5.41 Å². The van der Waals surface area contributed by atoms with Gasteiger partial charge in [0.15, 0.2) is 0 Å². The predicted octanol–water partition coefficient (Wildman–Crippen LogP) is 30.3. The number of rotatable bonds is 21. The Kier molecular flexibility index (Phi) is 44.1. The number of nitrogens with one attached hydrogen (secondary N) is 6. The van der Waals surface area contributed by atoms with Crippen LogP contribution < -0.4 is 60.3 Å². The van der Waals surface area contributed by atoms with E-state index in [1.54, 1.807) is 0 Å². The third kappa shape index (κ3) is 45.9. The lowest BCUT2D eigenvalue weighted by Crippen LogP contribution is -2.53. The van der Waals surface area contributed by atoms with Gasteiger partial charge in [0.1, 0.15) is 93.8 Å². The summed E-state index contributed by atoms with van der Waals surface area (Å²) in [5.74, 6) is 7.86. The first kappa shape index (κ1) is 116. The molecule has 0 amide bonds. The minimum Gasteiger partial charge on any atom is -0.490 e. The highest BCUT2D eigenvalue weighted by atomic mass is 16.5. The van der Waals surface area contributed by atoms with Crippen molar-refractivity contribution in [2.45, 2.75) is 484 Å². The normalized spacial score (nSPS) is 19.3. The molecule has 2 heterocycles. The molecule has 2 aromatic heterocycles. The van der Waals surface area contributed by atoms with Gasteiger partial charge in [0.25, 0.3) is 0 Å². The number of ether oxygens (including phenoxy) is 6. The first-order valence-electron chi connectivity index (χ1n) is 50.2. The van der Waals surface area contributed by atoms with Crippen molar-refractivity contribution in [1.29, 1.82) is 0 Å². The van der Waals surface area contributed by atoms with Gasteiger partial charge in [0, 0.05) is 92.1 Å². The molecule has 4 aliphatic rings. The molecule has 740 valence electrons. The Balaban J connectivity index is 0.000000326. The summed E-state index contributed by atoms with van der Waals surface area (Å²) in [6, 6.07) is 52.8. The van der Waals surface area contributed by atoms with Crippen molar-refractivity contribution in [2.75, 3.05) is 13.1 Å². The van der Waals surface area contributed by atoms with E-state index in [1.807, 2.05) is 77.9 Å². The zero-order chi connectivity index (χ0) is 99.7. The summed E-state index contributed by atoms with van der Waals surface area (Å²) >= 11 is 0. The lowest BCUT2D eigenvalue weighted by atomic mass is 9.86. The van der Waals surface area contributed by atoms with Gasteiger partial charge in [-0.1, -0.05) is 215 Å². The number of benzene rings is 6. The minimum atomic E-state index is 0.0276. The number of furan rings is 2. The fourth-order valence-electron chi connectivity index (χ4n) is 15.2. The van der Waals surface area contributed by atoms with Crippen LogP contribution in [-0.2, 0) is 33.5 Å². The van der Waals surface area contributed by atoms with Gasteiger partial charge in [-0.3, -0.25) is 0 Å². The van der Waals surface area contributed by atoms with E-state index >= 15 is 0 Å². The second-order valence-corrected chi connectivity index (χ2v) is 49.2. The van der Waals surface area contributed by atoms with Crippen molar-refractivity contribution >= 4 is 21.9 Å². The molecule has 6 N–H and O–H groups in total. The Hall–Kier alpha value is -7.04.